The molecular weight excluding hydrogens is 478 g/mol. The van der Waals surface area contributed by atoms with Crippen LogP contribution in [0.4, 0.5) is 10.5 Å². The number of benzene rings is 3. The molecular formula is C28H28ClN3O4. The number of urea groups is 1. The summed E-state index contributed by atoms with van der Waals surface area (Å²) < 4.78 is 0. The highest BCUT2D eigenvalue weighted by molar-refractivity contribution is 6.31. The molecule has 0 saturated heterocycles. The molecule has 36 heavy (non-hydrogen) atoms. The van der Waals surface area contributed by atoms with Gasteiger partial charge in [-0.3, -0.25) is 14.5 Å². The normalized spacial score (nSPS) is 15.6. The molecule has 0 aliphatic carbocycles. The molecule has 0 unspecified atom stereocenters. The highest BCUT2D eigenvalue weighted by atomic mass is 35.5. The number of fused-ring (bicyclic) bond motifs is 1. The Hall–Kier alpha value is -3.84. The van der Waals surface area contributed by atoms with Crippen LogP contribution >= 0.6 is 11.6 Å². The van der Waals surface area contributed by atoms with E-state index >= 15 is 0 Å². The number of hydrogen-bond acceptors (Lipinski definition) is 3. The lowest BCUT2D eigenvalue weighted by Crippen LogP contribution is -2.56. The van der Waals surface area contributed by atoms with Gasteiger partial charge < -0.3 is 15.7 Å². The van der Waals surface area contributed by atoms with Crippen molar-refractivity contribution in [1.29, 1.82) is 0 Å². The van der Waals surface area contributed by atoms with Crippen LogP contribution in [0.1, 0.15) is 29.5 Å². The summed E-state index contributed by atoms with van der Waals surface area (Å²) in [5, 5.41) is 9.98. The fourth-order valence-corrected chi connectivity index (χ4v) is 5.00. The van der Waals surface area contributed by atoms with E-state index in [4.69, 9.17) is 17.3 Å². The van der Waals surface area contributed by atoms with Gasteiger partial charge in [-0.05, 0) is 54.2 Å². The first kappa shape index (κ1) is 25.3. The van der Waals surface area contributed by atoms with E-state index in [0.717, 1.165) is 16.7 Å². The number of anilines is 1. The number of carboxylic acids is 1. The van der Waals surface area contributed by atoms with Gasteiger partial charge in [-0.2, -0.15) is 0 Å². The van der Waals surface area contributed by atoms with Crippen molar-refractivity contribution >= 4 is 35.2 Å². The van der Waals surface area contributed by atoms with Crippen molar-refractivity contribution in [3.8, 4) is 0 Å². The summed E-state index contributed by atoms with van der Waals surface area (Å²) in [6, 6.07) is 21.7. The van der Waals surface area contributed by atoms with E-state index in [-0.39, 0.29) is 18.9 Å². The van der Waals surface area contributed by atoms with Crippen LogP contribution in [0.5, 0.6) is 0 Å². The summed E-state index contributed by atoms with van der Waals surface area (Å²) in [6.45, 7) is 0.261. The zero-order valence-corrected chi connectivity index (χ0v) is 20.5. The lowest BCUT2D eigenvalue weighted by atomic mass is 9.91. The number of amides is 3. The Labute approximate surface area is 215 Å². The smallest absolute Gasteiger partial charge is 0.320 e. The van der Waals surface area contributed by atoms with E-state index in [1.807, 2.05) is 54.6 Å². The standard InChI is InChI=1S/C28H28ClN3O4/c29-22-11-6-12-23(16-22)32(28(30)36)25(14-13-19-7-2-1-3-8-19)27(35)31-18-21-10-5-4-9-20(21)15-24(31)17-26(33)34/h1-12,16,24-25H,13-15,17-18H2,(H2,30,36)(H,33,34)/t24-,25+/m1/s1. The minimum atomic E-state index is -0.986. The van der Waals surface area contributed by atoms with Crippen LogP contribution in [-0.4, -0.2) is 40.0 Å². The molecule has 7 nitrogen and oxygen atoms in total. The predicted octanol–water partition coefficient (Wildman–Crippen LogP) is 4.65. The number of primary amides is 1. The summed E-state index contributed by atoms with van der Waals surface area (Å²) in [5.74, 6) is -1.33. The number of nitrogens with zero attached hydrogens (tertiary/aromatic N) is 2. The fraction of sp³-hybridized carbons (Fsp3) is 0.250. The number of nitrogens with two attached hydrogens (primary N) is 1. The van der Waals surface area contributed by atoms with Crippen LogP contribution in [0.3, 0.4) is 0 Å². The topological polar surface area (TPSA) is 104 Å². The Bertz CT molecular complexity index is 1250. The molecule has 0 aromatic heterocycles. The molecule has 0 bridgehead atoms. The summed E-state index contributed by atoms with van der Waals surface area (Å²) >= 11 is 6.20. The molecule has 4 rings (SSSR count). The van der Waals surface area contributed by atoms with E-state index in [9.17, 15) is 19.5 Å². The molecule has 3 amide bonds. The average molecular weight is 506 g/mol. The van der Waals surface area contributed by atoms with E-state index in [2.05, 4.69) is 0 Å². The quantitative estimate of drug-likeness (QED) is 0.464. The van der Waals surface area contributed by atoms with Crippen molar-refractivity contribution in [2.45, 2.75) is 44.3 Å². The molecule has 2 atom stereocenters. The van der Waals surface area contributed by atoms with Gasteiger partial charge in [-0.1, -0.05) is 72.3 Å². The first-order valence-corrected chi connectivity index (χ1v) is 12.2. The van der Waals surface area contributed by atoms with Crippen molar-refractivity contribution in [2.75, 3.05) is 4.90 Å². The monoisotopic (exact) mass is 505 g/mol. The second-order valence-corrected chi connectivity index (χ2v) is 9.36. The van der Waals surface area contributed by atoms with Crippen LogP contribution in [0.15, 0.2) is 78.9 Å². The Morgan fingerprint density at radius 3 is 2.36 bits per heavy atom. The zero-order valence-electron chi connectivity index (χ0n) is 19.7. The summed E-state index contributed by atoms with van der Waals surface area (Å²) in [5.41, 5.74) is 9.23. The minimum absolute atomic E-state index is 0.195. The van der Waals surface area contributed by atoms with Gasteiger partial charge in [0.25, 0.3) is 0 Å². The maximum atomic E-state index is 14.2. The van der Waals surface area contributed by atoms with E-state index in [1.54, 1.807) is 29.2 Å². The molecule has 3 aromatic rings. The van der Waals surface area contributed by atoms with Crippen molar-refractivity contribution in [1.82, 2.24) is 4.90 Å². The lowest BCUT2D eigenvalue weighted by molar-refractivity contribution is -0.142. The summed E-state index contributed by atoms with van der Waals surface area (Å²) in [4.78, 5) is 41.5. The van der Waals surface area contributed by atoms with Crippen molar-refractivity contribution in [2.24, 2.45) is 5.73 Å². The third-order valence-electron chi connectivity index (χ3n) is 6.52. The molecule has 1 aliphatic heterocycles. The van der Waals surface area contributed by atoms with Gasteiger partial charge >= 0.3 is 12.0 Å². The Kier molecular flexibility index (Phi) is 7.90. The maximum absolute atomic E-state index is 14.2. The largest absolute Gasteiger partial charge is 0.481 e. The number of rotatable bonds is 8. The van der Waals surface area contributed by atoms with Crippen LogP contribution < -0.4 is 10.6 Å². The van der Waals surface area contributed by atoms with Crippen LogP contribution in [0.2, 0.25) is 5.02 Å². The third kappa shape index (κ3) is 5.86. The molecule has 0 radical (unpaired) electrons. The van der Waals surface area contributed by atoms with Crippen molar-refractivity contribution in [3.63, 3.8) is 0 Å². The van der Waals surface area contributed by atoms with E-state index in [0.29, 0.717) is 30.0 Å². The van der Waals surface area contributed by atoms with Crippen molar-refractivity contribution in [3.05, 3.63) is 101 Å². The number of aryl methyl sites for hydroxylation is 1. The van der Waals surface area contributed by atoms with Gasteiger partial charge in [-0.15, -0.1) is 0 Å². The third-order valence-corrected chi connectivity index (χ3v) is 6.75. The molecule has 8 heteroatoms. The number of carboxylic acid groups (broad SMARTS) is 1. The highest BCUT2D eigenvalue weighted by Gasteiger charge is 2.38. The molecule has 3 aromatic carbocycles. The van der Waals surface area contributed by atoms with Gasteiger partial charge in [0.2, 0.25) is 5.91 Å². The van der Waals surface area contributed by atoms with Gasteiger partial charge in [0.15, 0.2) is 0 Å². The molecule has 1 aliphatic rings. The number of halogens is 1. The second-order valence-electron chi connectivity index (χ2n) is 8.92. The number of hydrogen-bond donors (Lipinski definition) is 2. The minimum Gasteiger partial charge on any atom is -0.481 e. The molecule has 1 heterocycles. The highest BCUT2D eigenvalue weighted by Crippen LogP contribution is 2.30. The van der Waals surface area contributed by atoms with Crippen LogP contribution in [0, 0.1) is 0 Å². The first-order valence-electron chi connectivity index (χ1n) is 11.8. The maximum Gasteiger partial charge on any atom is 0.320 e. The van der Waals surface area contributed by atoms with E-state index in [1.165, 1.54) is 4.90 Å². The Morgan fingerprint density at radius 2 is 1.69 bits per heavy atom. The molecule has 186 valence electrons. The Morgan fingerprint density at radius 1 is 1.00 bits per heavy atom. The number of aliphatic carboxylic acids is 1. The summed E-state index contributed by atoms with van der Waals surface area (Å²) in [7, 11) is 0. The second kappa shape index (κ2) is 11.3. The average Bonchev–Trinajstić information content (AvgIpc) is 2.85. The van der Waals surface area contributed by atoms with Crippen molar-refractivity contribution < 1.29 is 19.5 Å². The van der Waals surface area contributed by atoms with Gasteiger partial charge in [-0.25, -0.2) is 4.79 Å². The van der Waals surface area contributed by atoms with Crippen LogP contribution in [0.25, 0.3) is 0 Å². The number of carbonyl (C=O) groups excluding carboxylic acids is 2. The van der Waals surface area contributed by atoms with Gasteiger partial charge in [0.05, 0.1) is 6.42 Å². The predicted molar refractivity (Wildman–Crippen MR) is 139 cm³/mol. The Balaban J connectivity index is 1.72. The molecule has 0 saturated carbocycles. The van der Waals surface area contributed by atoms with Gasteiger partial charge in [0.1, 0.15) is 6.04 Å². The molecule has 0 spiro atoms. The van der Waals surface area contributed by atoms with Crippen LogP contribution in [-0.2, 0) is 29.0 Å². The molecule has 3 N–H and O–H groups in total. The zero-order chi connectivity index (χ0) is 25.7. The SMILES string of the molecule is NC(=O)N(c1cccc(Cl)c1)[C@@H](CCc1ccccc1)C(=O)N1Cc2ccccc2C[C@@H]1CC(=O)O. The van der Waals surface area contributed by atoms with Gasteiger partial charge in [0, 0.05) is 23.3 Å². The lowest BCUT2D eigenvalue weighted by Gasteiger charge is -2.40. The number of carbonyl (C=O) groups is 3. The van der Waals surface area contributed by atoms with E-state index < -0.39 is 24.1 Å². The first-order chi connectivity index (χ1) is 17.3. The fourth-order valence-electron chi connectivity index (χ4n) is 4.82. The molecule has 0 fully saturated rings. The summed E-state index contributed by atoms with van der Waals surface area (Å²) in [6.07, 6.45) is 1.05.